The van der Waals surface area contributed by atoms with Crippen LogP contribution in [0.3, 0.4) is 0 Å². The summed E-state index contributed by atoms with van der Waals surface area (Å²) in [6, 6.07) is 4.81. The van der Waals surface area contributed by atoms with Gasteiger partial charge in [0.05, 0.1) is 12.1 Å². The van der Waals surface area contributed by atoms with Crippen molar-refractivity contribution < 1.29 is 14.7 Å². The lowest BCUT2D eigenvalue weighted by Crippen LogP contribution is -2.28. The fraction of sp³-hybridized carbons (Fsp3) is 0.333. The molecule has 0 spiro atoms. The Morgan fingerprint density at radius 1 is 1.35 bits per heavy atom. The van der Waals surface area contributed by atoms with Gasteiger partial charge in [-0.25, -0.2) is 4.79 Å². The Balaban J connectivity index is 2.81. The first-order valence-electron chi connectivity index (χ1n) is 5.39. The molecule has 0 saturated heterocycles. The van der Waals surface area contributed by atoms with E-state index >= 15 is 0 Å². The van der Waals surface area contributed by atoms with Crippen molar-refractivity contribution in [1.82, 2.24) is 5.32 Å². The average molecular weight is 236 g/mol. The standard InChI is InChI=1S/C12H16N2O3/c1-3-13-7-11(15)14-10-6-4-5-9(8(10)2)12(16)17/h4-6,13H,3,7H2,1-2H3,(H,14,15)(H,16,17). The molecule has 5 heteroatoms. The van der Waals surface area contributed by atoms with E-state index in [1.54, 1.807) is 19.1 Å². The first-order chi connectivity index (χ1) is 8.06. The van der Waals surface area contributed by atoms with E-state index in [1.165, 1.54) is 6.07 Å². The lowest BCUT2D eigenvalue weighted by Gasteiger charge is -2.10. The van der Waals surface area contributed by atoms with E-state index in [9.17, 15) is 9.59 Å². The quantitative estimate of drug-likeness (QED) is 0.718. The number of benzene rings is 1. The number of likely N-dealkylation sites (N-methyl/N-ethyl adjacent to an activating group) is 1. The zero-order chi connectivity index (χ0) is 12.8. The number of carboxylic acid groups (broad SMARTS) is 1. The third-order valence-corrected chi connectivity index (χ3v) is 2.37. The van der Waals surface area contributed by atoms with Crippen molar-refractivity contribution in [2.75, 3.05) is 18.4 Å². The van der Waals surface area contributed by atoms with Crippen molar-refractivity contribution >= 4 is 17.6 Å². The maximum Gasteiger partial charge on any atom is 0.336 e. The second kappa shape index (κ2) is 6.00. The van der Waals surface area contributed by atoms with Crippen LogP contribution in [0.1, 0.15) is 22.8 Å². The molecule has 0 unspecified atom stereocenters. The van der Waals surface area contributed by atoms with Gasteiger partial charge >= 0.3 is 5.97 Å². The summed E-state index contributed by atoms with van der Waals surface area (Å²) in [7, 11) is 0. The van der Waals surface area contributed by atoms with E-state index in [4.69, 9.17) is 5.11 Å². The summed E-state index contributed by atoms with van der Waals surface area (Å²) in [5.41, 5.74) is 1.30. The van der Waals surface area contributed by atoms with Gasteiger partial charge in [0.25, 0.3) is 0 Å². The van der Waals surface area contributed by atoms with E-state index in [2.05, 4.69) is 10.6 Å². The number of amides is 1. The molecule has 0 atom stereocenters. The van der Waals surface area contributed by atoms with Crippen LogP contribution >= 0.6 is 0 Å². The Hall–Kier alpha value is -1.88. The Morgan fingerprint density at radius 2 is 2.06 bits per heavy atom. The highest BCUT2D eigenvalue weighted by Crippen LogP contribution is 2.18. The largest absolute Gasteiger partial charge is 0.478 e. The minimum absolute atomic E-state index is 0.183. The third-order valence-electron chi connectivity index (χ3n) is 2.37. The Bertz CT molecular complexity index is 430. The molecule has 1 aromatic carbocycles. The van der Waals surface area contributed by atoms with Crippen LogP contribution in [0.2, 0.25) is 0 Å². The van der Waals surface area contributed by atoms with Gasteiger partial charge in [-0.3, -0.25) is 4.79 Å². The molecule has 0 aliphatic carbocycles. The van der Waals surface area contributed by atoms with Gasteiger partial charge in [-0.05, 0) is 31.2 Å². The van der Waals surface area contributed by atoms with Gasteiger partial charge in [-0.2, -0.15) is 0 Å². The van der Waals surface area contributed by atoms with Crippen molar-refractivity contribution in [2.24, 2.45) is 0 Å². The van der Waals surface area contributed by atoms with Crippen molar-refractivity contribution in [3.63, 3.8) is 0 Å². The van der Waals surface area contributed by atoms with E-state index < -0.39 is 5.97 Å². The van der Waals surface area contributed by atoms with Gasteiger partial charge in [-0.1, -0.05) is 13.0 Å². The normalized spacial score (nSPS) is 10.0. The number of anilines is 1. The summed E-state index contributed by atoms with van der Waals surface area (Å²) in [6.07, 6.45) is 0. The van der Waals surface area contributed by atoms with E-state index in [-0.39, 0.29) is 18.0 Å². The molecule has 1 rings (SSSR count). The number of rotatable bonds is 5. The molecule has 0 bridgehead atoms. The van der Waals surface area contributed by atoms with Crippen LogP contribution in [0.25, 0.3) is 0 Å². The molecule has 0 heterocycles. The smallest absolute Gasteiger partial charge is 0.336 e. The van der Waals surface area contributed by atoms with Crippen molar-refractivity contribution in [3.05, 3.63) is 29.3 Å². The molecule has 1 aromatic rings. The zero-order valence-electron chi connectivity index (χ0n) is 9.91. The predicted molar refractivity (Wildman–Crippen MR) is 65.3 cm³/mol. The number of aromatic carboxylic acids is 1. The van der Waals surface area contributed by atoms with Crippen LogP contribution in [-0.2, 0) is 4.79 Å². The number of carboxylic acids is 1. The summed E-state index contributed by atoms with van der Waals surface area (Å²) in [6.45, 7) is 4.50. The Kier molecular flexibility index (Phi) is 4.66. The molecule has 1 amide bonds. The molecule has 0 radical (unpaired) electrons. The lowest BCUT2D eigenvalue weighted by atomic mass is 10.1. The van der Waals surface area contributed by atoms with Crippen molar-refractivity contribution in [1.29, 1.82) is 0 Å². The molecule has 3 N–H and O–H groups in total. The number of carbonyl (C=O) groups excluding carboxylic acids is 1. The summed E-state index contributed by atoms with van der Waals surface area (Å²) in [5, 5.41) is 14.5. The zero-order valence-corrected chi connectivity index (χ0v) is 9.91. The fourth-order valence-corrected chi connectivity index (χ4v) is 1.44. The van der Waals surface area contributed by atoms with Gasteiger partial charge < -0.3 is 15.7 Å². The SMILES string of the molecule is CCNCC(=O)Nc1cccc(C(=O)O)c1C. The van der Waals surface area contributed by atoms with Gasteiger partial charge in [0.2, 0.25) is 5.91 Å². The summed E-state index contributed by atoms with van der Waals surface area (Å²) in [5.74, 6) is -1.18. The van der Waals surface area contributed by atoms with Crippen LogP contribution < -0.4 is 10.6 Å². The van der Waals surface area contributed by atoms with E-state index in [1.807, 2.05) is 6.92 Å². The van der Waals surface area contributed by atoms with Crippen molar-refractivity contribution in [3.8, 4) is 0 Å². The first kappa shape index (κ1) is 13.2. The highest BCUT2D eigenvalue weighted by atomic mass is 16.4. The van der Waals surface area contributed by atoms with Crippen LogP contribution in [0.5, 0.6) is 0 Å². The average Bonchev–Trinajstić information content (AvgIpc) is 2.28. The van der Waals surface area contributed by atoms with Gasteiger partial charge in [0.1, 0.15) is 0 Å². The molecule has 5 nitrogen and oxygen atoms in total. The molecular formula is C12H16N2O3. The van der Waals surface area contributed by atoms with Gasteiger partial charge in [0, 0.05) is 5.69 Å². The van der Waals surface area contributed by atoms with Crippen LogP contribution in [0, 0.1) is 6.92 Å². The molecule has 17 heavy (non-hydrogen) atoms. The molecule has 0 saturated carbocycles. The molecule has 0 aliphatic heterocycles. The molecule has 0 aliphatic rings. The first-order valence-corrected chi connectivity index (χ1v) is 5.39. The Labute approximate surface area is 99.8 Å². The summed E-state index contributed by atoms with van der Waals surface area (Å²) >= 11 is 0. The highest BCUT2D eigenvalue weighted by Gasteiger charge is 2.11. The molecule has 0 aromatic heterocycles. The van der Waals surface area contributed by atoms with Crippen LogP contribution in [0.15, 0.2) is 18.2 Å². The summed E-state index contributed by atoms with van der Waals surface area (Å²) < 4.78 is 0. The lowest BCUT2D eigenvalue weighted by molar-refractivity contribution is -0.115. The highest BCUT2D eigenvalue weighted by molar-refractivity contribution is 5.96. The molecule has 0 fully saturated rings. The second-order valence-corrected chi connectivity index (χ2v) is 3.61. The third kappa shape index (κ3) is 3.57. The van der Waals surface area contributed by atoms with Gasteiger partial charge in [0.15, 0.2) is 0 Å². The Morgan fingerprint density at radius 3 is 2.65 bits per heavy atom. The number of hydrogen-bond donors (Lipinski definition) is 3. The summed E-state index contributed by atoms with van der Waals surface area (Å²) in [4.78, 5) is 22.4. The molecular weight excluding hydrogens is 220 g/mol. The molecule has 92 valence electrons. The number of hydrogen-bond acceptors (Lipinski definition) is 3. The minimum atomic E-state index is -0.995. The fourth-order valence-electron chi connectivity index (χ4n) is 1.44. The number of nitrogens with one attached hydrogen (secondary N) is 2. The topological polar surface area (TPSA) is 78.4 Å². The van der Waals surface area contributed by atoms with Gasteiger partial charge in [-0.15, -0.1) is 0 Å². The number of carbonyl (C=O) groups is 2. The van der Waals surface area contributed by atoms with E-state index in [0.717, 1.165) is 0 Å². The van der Waals surface area contributed by atoms with Crippen LogP contribution in [-0.4, -0.2) is 30.1 Å². The predicted octanol–water partition coefficient (Wildman–Crippen LogP) is 1.24. The maximum atomic E-state index is 11.5. The maximum absolute atomic E-state index is 11.5. The minimum Gasteiger partial charge on any atom is -0.478 e. The van der Waals surface area contributed by atoms with Crippen molar-refractivity contribution in [2.45, 2.75) is 13.8 Å². The monoisotopic (exact) mass is 236 g/mol. The van der Waals surface area contributed by atoms with Crippen LogP contribution in [0.4, 0.5) is 5.69 Å². The second-order valence-electron chi connectivity index (χ2n) is 3.61. The van der Waals surface area contributed by atoms with E-state index in [0.29, 0.717) is 17.8 Å².